The Bertz CT molecular complexity index is 300. The van der Waals surface area contributed by atoms with Crippen LogP contribution in [0.3, 0.4) is 0 Å². The smallest absolute Gasteiger partial charge is 0.145 e. The zero-order valence-corrected chi connectivity index (χ0v) is 8.18. The zero-order chi connectivity index (χ0) is 9.97. The minimum atomic E-state index is 0.0511. The van der Waals surface area contributed by atoms with E-state index in [1.54, 1.807) is 10.9 Å². The SMILES string of the molecule is CCn1nncc1NC1COCC1N. The van der Waals surface area contributed by atoms with Gasteiger partial charge < -0.3 is 15.8 Å². The third-order valence-corrected chi connectivity index (χ3v) is 2.38. The van der Waals surface area contributed by atoms with E-state index < -0.39 is 0 Å². The van der Waals surface area contributed by atoms with E-state index in [1.165, 1.54) is 0 Å². The van der Waals surface area contributed by atoms with Crippen LogP contribution in [-0.4, -0.2) is 40.3 Å². The van der Waals surface area contributed by atoms with Gasteiger partial charge in [-0.25, -0.2) is 4.68 Å². The molecule has 1 aliphatic heterocycles. The second-order valence-corrected chi connectivity index (χ2v) is 3.39. The Balaban J connectivity index is 2.02. The number of anilines is 1. The van der Waals surface area contributed by atoms with Crippen molar-refractivity contribution < 1.29 is 4.74 Å². The zero-order valence-electron chi connectivity index (χ0n) is 8.18. The van der Waals surface area contributed by atoms with Gasteiger partial charge in [0.25, 0.3) is 0 Å². The number of nitrogens with two attached hydrogens (primary N) is 1. The van der Waals surface area contributed by atoms with Crippen LogP contribution in [0.15, 0.2) is 6.20 Å². The fraction of sp³-hybridized carbons (Fsp3) is 0.750. The molecule has 1 fully saturated rings. The van der Waals surface area contributed by atoms with Gasteiger partial charge >= 0.3 is 0 Å². The van der Waals surface area contributed by atoms with Gasteiger partial charge in [0.05, 0.1) is 31.5 Å². The largest absolute Gasteiger partial charge is 0.378 e. The highest BCUT2D eigenvalue weighted by Crippen LogP contribution is 2.11. The molecule has 3 N–H and O–H groups in total. The van der Waals surface area contributed by atoms with E-state index in [4.69, 9.17) is 10.5 Å². The van der Waals surface area contributed by atoms with E-state index >= 15 is 0 Å². The molecule has 0 aliphatic carbocycles. The molecule has 1 aromatic heterocycles. The molecular formula is C8H15N5O. The Morgan fingerprint density at radius 1 is 1.71 bits per heavy atom. The van der Waals surface area contributed by atoms with E-state index in [0.29, 0.717) is 13.2 Å². The van der Waals surface area contributed by atoms with Gasteiger partial charge in [-0.1, -0.05) is 5.21 Å². The van der Waals surface area contributed by atoms with Crippen molar-refractivity contribution in [2.45, 2.75) is 25.6 Å². The van der Waals surface area contributed by atoms with E-state index in [1.807, 2.05) is 6.92 Å². The summed E-state index contributed by atoms with van der Waals surface area (Å²) in [5.41, 5.74) is 5.85. The molecule has 78 valence electrons. The fourth-order valence-electron chi connectivity index (χ4n) is 1.51. The van der Waals surface area contributed by atoms with Gasteiger partial charge in [0.15, 0.2) is 0 Å². The van der Waals surface area contributed by atoms with Crippen LogP contribution in [0.5, 0.6) is 0 Å². The lowest BCUT2D eigenvalue weighted by atomic mass is 10.2. The van der Waals surface area contributed by atoms with Crippen molar-refractivity contribution >= 4 is 5.82 Å². The summed E-state index contributed by atoms with van der Waals surface area (Å²) in [5.74, 6) is 0.901. The number of aryl methyl sites for hydroxylation is 1. The van der Waals surface area contributed by atoms with Crippen molar-refractivity contribution in [3.63, 3.8) is 0 Å². The van der Waals surface area contributed by atoms with Crippen LogP contribution in [-0.2, 0) is 11.3 Å². The first-order valence-corrected chi connectivity index (χ1v) is 4.79. The summed E-state index contributed by atoms with van der Waals surface area (Å²) < 4.78 is 7.05. The first-order chi connectivity index (χ1) is 6.81. The second kappa shape index (κ2) is 3.93. The maximum Gasteiger partial charge on any atom is 0.145 e. The molecule has 0 radical (unpaired) electrons. The Kier molecular flexibility index (Phi) is 2.64. The summed E-state index contributed by atoms with van der Waals surface area (Å²) in [6, 6.07) is 0.217. The molecule has 0 amide bonds. The Morgan fingerprint density at radius 2 is 2.57 bits per heavy atom. The Labute approximate surface area is 82.4 Å². The van der Waals surface area contributed by atoms with Gasteiger partial charge in [-0.2, -0.15) is 0 Å². The number of ether oxygens (including phenoxy) is 1. The van der Waals surface area contributed by atoms with E-state index in [2.05, 4.69) is 15.6 Å². The van der Waals surface area contributed by atoms with E-state index in [-0.39, 0.29) is 12.1 Å². The molecule has 0 bridgehead atoms. The molecular weight excluding hydrogens is 182 g/mol. The van der Waals surface area contributed by atoms with Gasteiger partial charge in [-0.15, -0.1) is 5.10 Å². The molecule has 0 saturated carbocycles. The summed E-state index contributed by atoms with van der Waals surface area (Å²) in [4.78, 5) is 0. The number of nitrogens with one attached hydrogen (secondary N) is 1. The predicted octanol–water partition coefficient (Wildman–Crippen LogP) is -0.564. The predicted molar refractivity (Wildman–Crippen MR) is 51.9 cm³/mol. The standard InChI is InChI=1S/C8H15N5O/c1-2-13-8(3-10-12-13)11-7-5-14-4-6(7)9/h3,6-7,11H,2,4-5,9H2,1H3. The minimum Gasteiger partial charge on any atom is -0.378 e. The Hall–Kier alpha value is -1.14. The number of aromatic nitrogens is 3. The van der Waals surface area contributed by atoms with Gasteiger partial charge in [-0.3, -0.25) is 0 Å². The van der Waals surface area contributed by atoms with Gasteiger partial charge in [0, 0.05) is 6.54 Å². The normalized spacial score (nSPS) is 26.7. The summed E-state index contributed by atoms with van der Waals surface area (Å²) in [5, 5.41) is 11.0. The lowest BCUT2D eigenvalue weighted by Crippen LogP contribution is -2.39. The quantitative estimate of drug-likeness (QED) is 0.679. The molecule has 2 atom stereocenters. The first-order valence-electron chi connectivity index (χ1n) is 4.79. The molecule has 6 nitrogen and oxygen atoms in total. The summed E-state index contributed by atoms with van der Waals surface area (Å²) >= 11 is 0. The number of rotatable bonds is 3. The lowest BCUT2D eigenvalue weighted by molar-refractivity contribution is 0.192. The van der Waals surface area contributed by atoms with Crippen LogP contribution in [0.1, 0.15) is 6.92 Å². The van der Waals surface area contributed by atoms with Gasteiger partial charge in [-0.05, 0) is 6.92 Å². The van der Waals surface area contributed by atoms with Gasteiger partial charge in [0.1, 0.15) is 5.82 Å². The number of hydrogen-bond donors (Lipinski definition) is 2. The third-order valence-electron chi connectivity index (χ3n) is 2.38. The van der Waals surface area contributed by atoms with Crippen LogP contribution >= 0.6 is 0 Å². The molecule has 2 rings (SSSR count). The monoisotopic (exact) mass is 197 g/mol. The van der Waals surface area contributed by atoms with Crippen molar-refractivity contribution in [1.29, 1.82) is 0 Å². The molecule has 0 aromatic carbocycles. The second-order valence-electron chi connectivity index (χ2n) is 3.39. The molecule has 2 unspecified atom stereocenters. The average molecular weight is 197 g/mol. The average Bonchev–Trinajstić information content (AvgIpc) is 2.77. The van der Waals surface area contributed by atoms with Crippen molar-refractivity contribution in [2.24, 2.45) is 5.73 Å². The highest BCUT2D eigenvalue weighted by molar-refractivity contribution is 5.33. The van der Waals surface area contributed by atoms with Crippen LogP contribution in [0.25, 0.3) is 0 Å². The fourth-order valence-corrected chi connectivity index (χ4v) is 1.51. The summed E-state index contributed by atoms with van der Waals surface area (Å²) in [6.45, 7) is 4.08. The van der Waals surface area contributed by atoms with Gasteiger partial charge in [0.2, 0.25) is 0 Å². The number of nitrogens with zero attached hydrogens (tertiary/aromatic N) is 3. The van der Waals surface area contributed by atoms with Crippen LogP contribution < -0.4 is 11.1 Å². The molecule has 6 heteroatoms. The highest BCUT2D eigenvalue weighted by atomic mass is 16.5. The topological polar surface area (TPSA) is 78.0 Å². The highest BCUT2D eigenvalue weighted by Gasteiger charge is 2.25. The Morgan fingerprint density at radius 3 is 3.21 bits per heavy atom. The molecule has 1 saturated heterocycles. The van der Waals surface area contributed by atoms with Crippen molar-refractivity contribution in [2.75, 3.05) is 18.5 Å². The molecule has 14 heavy (non-hydrogen) atoms. The molecule has 1 aliphatic rings. The van der Waals surface area contributed by atoms with E-state index in [9.17, 15) is 0 Å². The van der Waals surface area contributed by atoms with Crippen molar-refractivity contribution in [1.82, 2.24) is 15.0 Å². The van der Waals surface area contributed by atoms with Crippen molar-refractivity contribution in [3.05, 3.63) is 6.20 Å². The van der Waals surface area contributed by atoms with Crippen LogP contribution in [0.4, 0.5) is 5.82 Å². The molecule has 0 spiro atoms. The van der Waals surface area contributed by atoms with Crippen molar-refractivity contribution in [3.8, 4) is 0 Å². The third kappa shape index (κ3) is 1.71. The van der Waals surface area contributed by atoms with Crippen LogP contribution in [0, 0.1) is 0 Å². The van der Waals surface area contributed by atoms with E-state index in [0.717, 1.165) is 12.4 Å². The first kappa shape index (κ1) is 9.42. The maximum atomic E-state index is 5.85. The minimum absolute atomic E-state index is 0.0511. The molecule has 2 heterocycles. The summed E-state index contributed by atoms with van der Waals surface area (Å²) in [7, 11) is 0. The summed E-state index contributed by atoms with van der Waals surface area (Å²) in [6.07, 6.45) is 1.70. The molecule has 1 aromatic rings. The lowest BCUT2D eigenvalue weighted by Gasteiger charge is -2.16. The van der Waals surface area contributed by atoms with Crippen LogP contribution in [0.2, 0.25) is 0 Å². The maximum absolute atomic E-state index is 5.85. The number of hydrogen-bond acceptors (Lipinski definition) is 5.